The molecule has 0 radical (unpaired) electrons. The minimum absolute atomic E-state index is 0.0587. The van der Waals surface area contributed by atoms with Crippen molar-refractivity contribution in [3.8, 4) is 17.0 Å². The molecule has 9 heteroatoms. The van der Waals surface area contributed by atoms with Crippen LogP contribution in [0.3, 0.4) is 0 Å². The van der Waals surface area contributed by atoms with Crippen LogP contribution in [0.5, 0.6) is 5.75 Å². The highest BCUT2D eigenvalue weighted by Gasteiger charge is 2.18. The number of sulfonamides is 1. The van der Waals surface area contributed by atoms with E-state index in [4.69, 9.17) is 9.84 Å². The summed E-state index contributed by atoms with van der Waals surface area (Å²) in [5, 5.41) is 12.2. The zero-order chi connectivity index (χ0) is 22.4. The van der Waals surface area contributed by atoms with Crippen molar-refractivity contribution in [2.45, 2.75) is 12.7 Å². The van der Waals surface area contributed by atoms with E-state index in [0.717, 1.165) is 21.3 Å². The minimum Gasteiger partial charge on any atom is -0.496 e. The van der Waals surface area contributed by atoms with Gasteiger partial charge in [0.15, 0.2) is 0 Å². The van der Waals surface area contributed by atoms with Gasteiger partial charge in [-0.15, -0.1) is 0 Å². The lowest BCUT2D eigenvalue weighted by atomic mass is 10.1. The Labute approximate surface area is 182 Å². The van der Waals surface area contributed by atoms with Crippen molar-refractivity contribution in [1.82, 2.24) is 14.3 Å². The first-order valence-corrected chi connectivity index (χ1v) is 11.3. The molecule has 2 aromatic carbocycles. The number of aromatic nitrogens is 2. The summed E-state index contributed by atoms with van der Waals surface area (Å²) < 4.78 is 31.4. The molecule has 0 aliphatic rings. The average Bonchev–Trinajstić information content (AvgIpc) is 2.73. The number of rotatable bonds is 9. The molecule has 1 aromatic heterocycles. The van der Waals surface area contributed by atoms with E-state index in [2.05, 4.69) is 15.3 Å². The average molecular weight is 443 g/mol. The molecule has 0 saturated carbocycles. The second kappa shape index (κ2) is 9.86. The molecule has 1 heterocycles. The third-order valence-corrected chi connectivity index (χ3v) is 6.49. The van der Waals surface area contributed by atoms with Gasteiger partial charge in [0.2, 0.25) is 16.0 Å². The number of hydrogen-bond acceptors (Lipinski definition) is 7. The van der Waals surface area contributed by atoms with Gasteiger partial charge in [-0.25, -0.2) is 22.7 Å². The molecule has 164 valence electrons. The Balaban J connectivity index is 1.85. The highest BCUT2D eigenvalue weighted by Crippen LogP contribution is 2.29. The van der Waals surface area contributed by atoms with Crippen LogP contribution in [0, 0.1) is 6.92 Å². The number of ether oxygens (including phenoxy) is 1. The molecular formula is C22H26N4O4S. The van der Waals surface area contributed by atoms with Gasteiger partial charge >= 0.3 is 0 Å². The highest BCUT2D eigenvalue weighted by atomic mass is 32.2. The lowest BCUT2D eigenvalue weighted by Crippen LogP contribution is -2.30. The van der Waals surface area contributed by atoms with E-state index in [1.807, 2.05) is 43.3 Å². The molecule has 0 aliphatic heterocycles. The summed E-state index contributed by atoms with van der Waals surface area (Å²) in [6.07, 6.45) is 0. The smallest absolute Gasteiger partial charge is 0.227 e. The van der Waals surface area contributed by atoms with E-state index in [0.29, 0.717) is 22.9 Å². The summed E-state index contributed by atoms with van der Waals surface area (Å²) in [6, 6.07) is 16.6. The molecule has 3 rings (SSSR count). The third kappa shape index (κ3) is 5.78. The number of benzene rings is 2. The summed E-state index contributed by atoms with van der Waals surface area (Å²) in [5.41, 5.74) is 3.64. The van der Waals surface area contributed by atoms with Gasteiger partial charge in [-0.1, -0.05) is 24.3 Å². The van der Waals surface area contributed by atoms with Crippen LogP contribution in [0.25, 0.3) is 11.3 Å². The van der Waals surface area contributed by atoms with E-state index in [1.165, 1.54) is 7.05 Å². The Hall–Kier alpha value is -3.01. The first-order valence-electron chi connectivity index (χ1n) is 9.72. The summed E-state index contributed by atoms with van der Waals surface area (Å²) >= 11 is 0. The highest BCUT2D eigenvalue weighted by molar-refractivity contribution is 7.88. The van der Waals surface area contributed by atoms with Crippen LogP contribution in [0.2, 0.25) is 0 Å². The Morgan fingerprint density at radius 2 is 1.87 bits per heavy atom. The van der Waals surface area contributed by atoms with Crippen LogP contribution in [-0.2, 0) is 15.8 Å². The van der Waals surface area contributed by atoms with Gasteiger partial charge in [-0.2, -0.15) is 0 Å². The van der Waals surface area contributed by atoms with Gasteiger partial charge < -0.3 is 15.2 Å². The summed E-state index contributed by atoms with van der Waals surface area (Å²) in [4.78, 5) is 9.06. The van der Waals surface area contributed by atoms with E-state index in [9.17, 15) is 8.42 Å². The number of nitrogens with zero attached hydrogens (tertiary/aromatic N) is 3. The number of anilines is 2. The van der Waals surface area contributed by atoms with Crippen molar-refractivity contribution in [2.24, 2.45) is 0 Å². The molecule has 0 aliphatic carbocycles. The van der Waals surface area contributed by atoms with Gasteiger partial charge in [0.1, 0.15) is 5.75 Å². The van der Waals surface area contributed by atoms with Gasteiger partial charge in [0.25, 0.3) is 0 Å². The normalized spacial score (nSPS) is 11.5. The van der Waals surface area contributed by atoms with Crippen molar-refractivity contribution in [3.63, 3.8) is 0 Å². The quantitative estimate of drug-likeness (QED) is 0.525. The topological polar surface area (TPSA) is 105 Å². The molecule has 0 atom stereocenters. The lowest BCUT2D eigenvalue weighted by Gasteiger charge is -2.16. The molecule has 8 nitrogen and oxygen atoms in total. The predicted molar refractivity (Wildman–Crippen MR) is 121 cm³/mol. The summed E-state index contributed by atoms with van der Waals surface area (Å²) in [7, 11) is -0.455. The van der Waals surface area contributed by atoms with Crippen LogP contribution in [-0.4, -0.2) is 55.1 Å². The second-order valence-electron chi connectivity index (χ2n) is 7.05. The number of methoxy groups -OCH3 is 1. The Kier molecular flexibility index (Phi) is 7.21. The SMILES string of the molecule is COc1ccccc1-c1cc(C)nc(Nc2cccc(CS(=O)(=O)N(C)CCO)c2)n1. The van der Waals surface area contributed by atoms with Crippen molar-refractivity contribution in [2.75, 3.05) is 32.6 Å². The van der Waals surface area contributed by atoms with Crippen LogP contribution >= 0.6 is 0 Å². The minimum atomic E-state index is -3.52. The predicted octanol–water partition coefficient (Wildman–Crippen LogP) is 2.96. The molecule has 0 fully saturated rings. The molecule has 2 N–H and O–H groups in total. The van der Waals surface area contributed by atoms with Crippen molar-refractivity contribution >= 4 is 21.7 Å². The molecule has 0 saturated heterocycles. The number of para-hydroxylation sites is 1. The lowest BCUT2D eigenvalue weighted by molar-refractivity contribution is 0.266. The van der Waals surface area contributed by atoms with Gasteiger partial charge in [-0.05, 0) is 42.8 Å². The molecule has 0 unspecified atom stereocenters. The molecule has 0 spiro atoms. The van der Waals surface area contributed by atoms with E-state index >= 15 is 0 Å². The van der Waals surface area contributed by atoms with Crippen LogP contribution in [0.4, 0.5) is 11.6 Å². The Morgan fingerprint density at radius 3 is 2.61 bits per heavy atom. The fraction of sp³-hybridized carbons (Fsp3) is 0.273. The zero-order valence-electron chi connectivity index (χ0n) is 17.7. The standard InChI is InChI=1S/C22H26N4O4S/c1-16-13-20(19-9-4-5-10-21(19)30-3)25-22(23-16)24-18-8-6-7-17(14-18)15-31(28,29)26(2)11-12-27/h4-10,13-14,27H,11-12,15H2,1-3H3,(H,23,24,25). The van der Waals surface area contributed by atoms with Crippen molar-refractivity contribution in [3.05, 3.63) is 65.9 Å². The van der Waals surface area contributed by atoms with Crippen LogP contribution in [0.1, 0.15) is 11.3 Å². The van der Waals surface area contributed by atoms with Crippen molar-refractivity contribution < 1.29 is 18.3 Å². The molecule has 3 aromatic rings. The summed E-state index contributed by atoms with van der Waals surface area (Å²) in [6.45, 7) is 1.71. The Morgan fingerprint density at radius 1 is 1.10 bits per heavy atom. The number of aryl methyl sites for hydroxylation is 1. The fourth-order valence-corrected chi connectivity index (χ4v) is 4.27. The van der Waals surface area contributed by atoms with Crippen LogP contribution < -0.4 is 10.1 Å². The maximum atomic E-state index is 12.4. The summed E-state index contributed by atoms with van der Waals surface area (Å²) in [5.74, 6) is 0.948. The van der Waals surface area contributed by atoms with E-state index in [1.54, 1.807) is 25.3 Å². The molecular weight excluding hydrogens is 416 g/mol. The maximum absolute atomic E-state index is 12.4. The number of hydrogen-bond donors (Lipinski definition) is 2. The molecule has 31 heavy (non-hydrogen) atoms. The van der Waals surface area contributed by atoms with Crippen molar-refractivity contribution in [1.29, 1.82) is 0 Å². The molecule has 0 amide bonds. The van der Waals surface area contributed by atoms with Gasteiger partial charge in [0.05, 0.1) is 25.2 Å². The van der Waals surface area contributed by atoms with Gasteiger partial charge in [0, 0.05) is 30.5 Å². The fourth-order valence-electron chi connectivity index (χ4n) is 3.09. The Bertz CT molecular complexity index is 1150. The first kappa shape index (κ1) is 22.7. The first-order chi connectivity index (χ1) is 14.8. The number of aliphatic hydroxyl groups excluding tert-OH is 1. The maximum Gasteiger partial charge on any atom is 0.227 e. The number of aliphatic hydroxyl groups is 1. The van der Waals surface area contributed by atoms with E-state index < -0.39 is 10.0 Å². The second-order valence-corrected chi connectivity index (χ2v) is 9.12. The van der Waals surface area contributed by atoms with E-state index in [-0.39, 0.29) is 18.9 Å². The van der Waals surface area contributed by atoms with Gasteiger partial charge in [-0.3, -0.25) is 0 Å². The number of likely N-dealkylation sites (N-methyl/N-ethyl adjacent to an activating group) is 1. The largest absolute Gasteiger partial charge is 0.496 e. The number of nitrogens with one attached hydrogen (secondary N) is 1. The van der Waals surface area contributed by atoms with Crippen LogP contribution in [0.15, 0.2) is 54.6 Å². The molecule has 0 bridgehead atoms. The zero-order valence-corrected chi connectivity index (χ0v) is 18.6. The monoisotopic (exact) mass is 442 g/mol. The third-order valence-electron chi connectivity index (χ3n) is 4.66.